The van der Waals surface area contributed by atoms with Crippen LogP contribution in [0.5, 0.6) is 0 Å². The summed E-state index contributed by atoms with van der Waals surface area (Å²) in [5.41, 5.74) is 4.28. The molecule has 0 atom stereocenters. The lowest BCUT2D eigenvalue weighted by molar-refractivity contribution is -0.116. The zero-order chi connectivity index (χ0) is 19.1. The molecule has 0 unspecified atom stereocenters. The second-order valence-electron chi connectivity index (χ2n) is 5.89. The summed E-state index contributed by atoms with van der Waals surface area (Å²) in [5.74, 6) is -0.106. The van der Waals surface area contributed by atoms with E-state index in [0.29, 0.717) is 30.6 Å². The Morgan fingerprint density at radius 2 is 1.46 bits per heavy atom. The van der Waals surface area contributed by atoms with Crippen molar-refractivity contribution < 1.29 is 9.59 Å². The highest BCUT2D eigenvalue weighted by Crippen LogP contribution is 2.18. The quantitative estimate of drug-likeness (QED) is 0.571. The molecule has 0 fully saturated rings. The molecular formula is C19H24N4O2S. The average Bonchev–Trinajstić information content (AvgIpc) is 2.62. The number of aromatic nitrogens is 2. The molecule has 7 heteroatoms. The molecule has 0 aliphatic rings. The highest BCUT2D eigenvalue weighted by atomic mass is 32.2. The van der Waals surface area contributed by atoms with Crippen molar-refractivity contribution >= 4 is 35.0 Å². The summed E-state index contributed by atoms with van der Waals surface area (Å²) in [6.45, 7) is 5.70. The molecule has 138 valence electrons. The Morgan fingerprint density at radius 1 is 0.962 bits per heavy atom. The van der Waals surface area contributed by atoms with E-state index < -0.39 is 0 Å². The Bertz CT molecular complexity index is 768. The molecule has 6 nitrogen and oxygen atoms in total. The standard InChI is InChI=1S/C19H24N4O2S/c1-5-17(24)22-14-6-8-15(9-7-14)23-18(25)11-10-16-12(2)20-19(26-4)21-13(16)3/h6-9H,5,10-11H2,1-4H3,(H,22,24)(H,23,25). The third-order valence-corrected chi connectivity index (χ3v) is 4.51. The summed E-state index contributed by atoms with van der Waals surface area (Å²) in [6, 6.07) is 7.09. The van der Waals surface area contributed by atoms with E-state index in [1.165, 1.54) is 11.8 Å². The topological polar surface area (TPSA) is 84.0 Å². The van der Waals surface area contributed by atoms with E-state index in [-0.39, 0.29) is 11.8 Å². The van der Waals surface area contributed by atoms with E-state index in [4.69, 9.17) is 0 Å². The molecule has 2 aromatic rings. The summed E-state index contributed by atoms with van der Waals surface area (Å²) in [4.78, 5) is 32.5. The fourth-order valence-corrected chi connectivity index (χ4v) is 2.97. The number of amides is 2. The zero-order valence-electron chi connectivity index (χ0n) is 15.5. The van der Waals surface area contributed by atoms with E-state index >= 15 is 0 Å². The monoisotopic (exact) mass is 372 g/mol. The molecule has 2 amide bonds. The number of hydrogen-bond acceptors (Lipinski definition) is 5. The number of thioether (sulfide) groups is 1. The number of benzene rings is 1. The Hall–Kier alpha value is -2.41. The predicted octanol–water partition coefficient (Wildman–Crippen LogP) is 3.74. The van der Waals surface area contributed by atoms with Gasteiger partial charge in [0.05, 0.1) is 0 Å². The molecule has 0 saturated carbocycles. The van der Waals surface area contributed by atoms with Gasteiger partial charge in [0.1, 0.15) is 0 Å². The maximum atomic E-state index is 12.2. The number of carbonyl (C=O) groups is 2. The highest BCUT2D eigenvalue weighted by Gasteiger charge is 2.11. The SMILES string of the molecule is CCC(=O)Nc1ccc(NC(=O)CCc2c(C)nc(SC)nc2C)cc1. The highest BCUT2D eigenvalue weighted by molar-refractivity contribution is 7.98. The van der Waals surface area contributed by atoms with Crippen LogP contribution in [0.4, 0.5) is 11.4 Å². The van der Waals surface area contributed by atoms with Crippen molar-refractivity contribution in [3.8, 4) is 0 Å². The minimum Gasteiger partial charge on any atom is -0.326 e. The average molecular weight is 372 g/mol. The third kappa shape index (κ3) is 5.56. The van der Waals surface area contributed by atoms with Gasteiger partial charge < -0.3 is 10.6 Å². The largest absolute Gasteiger partial charge is 0.326 e. The summed E-state index contributed by atoms with van der Waals surface area (Å²) in [5, 5.41) is 6.40. The molecule has 26 heavy (non-hydrogen) atoms. The molecule has 1 heterocycles. The van der Waals surface area contributed by atoms with Crippen LogP contribution in [0.1, 0.15) is 36.7 Å². The first kappa shape index (κ1) is 19.9. The summed E-state index contributed by atoms with van der Waals surface area (Å²) < 4.78 is 0. The molecule has 0 radical (unpaired) electrons. The van der Waals surface area contributed by atoms with Crippen LogP contribution >= 0.6 is 11.8 Å². The van der Waals surface area contributed by atoms with Crippen LogP contribution < -0.4 is 10.6 Å². The van der Waals surface area contributed by atoms with Gasteiger partial charge in [-0.1, -0.05) is 18.7 Å². The minimum absolute atomic E-state index is 0.0396. The van der Waals surface area contributed by atoms with Crippen molar-refractivity contribution in [1.29, 1.82) is 0 Å². The minimum atomic E-state index is -0.0666. The van der Waals surface area contributed by atoms with Crippen molar-refractivity contribution in [3.05, 3.63) is 41.2 Å². The van der Waals surface area contributed by atoms with Crippen LogP contribution in [0, 0.1) is 13.8 Å². The zero-order valence-corrected chi connectivity index (χ0v) is 16.4. The molecular weight excluding hydrogens is 348 g/mol. The molecule has 2 N–H and O–H groups in total. The Morgan fingerprint density at radius 3 is 1.92 bits per heavy atom. The molecule has 0 saturated heterocycles. The van der Waals surface area contributed by atoms with Crippen LogP contribution in [-0.4, -0.2) is 28.0 Å². The number of anilines is 2. The summed E-state index contributed by atoms with van der Waals surface area (Å²) >= 11 is 1.51. The molecule has 1 aromatic carbocycles. The maximum Gasteiger partial charge on any atom is 0.224 e. The van der Waals surface area contributed by atoms with Gasteiger partial charge in [0.2, 0.25) is 11.8 Å². The predicted molar refractivity (Wildman–Crippen MR) is 106 cm³/mol. The van der Waals surface area contributed by atoms with Crippen molar-refractivity contribution in [2.45, 2.75) is 45.2 Å². The third-order valence-electron chi connectivity index (χ3n) is 3.96. The smallest absolute Gasteiger partial charge is 0.224 e. The van der Waals surface area contributed by atoms with Crippen molar-refractivity contribution in [2.24, 2.45) is 0 Å². The number of hydrogen-bond donors (Lipinski definition) is 2. The molecule has 0 aliphatic heterocycles. The van der Waals surface area contributed by atoms with Crippen molar-refractivity contribution in [2.75, 3.05) is 16.9 Å². The Kier molecular flexibility index (Phi) is 7.15. The lowest BCUT2D eigenvalue weighted by Crippen LogP contribution is -2.14. The van der Waals surface area contributed by atoms with Crippen LogP contribution in [0.2, 0.25) is 0 Å². The first-order valence-corrected chi connectivity index (χ1v) is 9.73. The van der Waals surface area contributed by atoms with E-state index in [0.717, 1.165) is 22.1 Å². The van der Waals surface area contributed by atoms with Gasteiger partial charge in [-0.15, -0.1) is 0 Å². The van der Waals surface area contributed by atoms with Crippen molar-refractivity contribution in [3.63, 3.8) is 0 Å². The number of carbonyl (C=O) groups excluding carboxylic acids is 2. The van der Waals surface area contributed by atoms with Gasteiger partial charge in [-0.05, 0) is 56.4 Å². The van der Waals surface area contributed by atoms with E-state index in [9.17, 15) is 9.59 Å². The van der Waals surface area contributed by atoms with Gasteiger partial charge in [-0.3, -0.25) is 9.59 Å². The van der Waals surface area contributed by atoms with Gasteiger partial charge in [-0.25, -0.2) is 9.97 Å². The Balaban J connectivity index is 1.92. The van der Waals surface area contributed by atoms with E-state index in [1.807, 2.05) is 20.1 Å². The van der Waals surface area contributed by atoms with Crippen LogP contribution in [-0.2, 0) is 16.0 Å². The number of nitrogens with one attached hydrogen (secondary N) is 2. The van der Waals surface area contributed by atoms with Gasteiger partial charge in [-0.2, -0.15) is 0 Å². The number of aryl methyl sites for hydroxylation is 2. The maximum absolute atomic E-state index is 12.2. The van der Waals surface area contributed by atoms with E-state index in [2.05, 4.69) is 20.6 Å². The van der Waals surface area contributed by atoms with E-state index in [1.54, 1.807) is 31.2 Å². The van der Waals surface area contributed by atoms with Crippen LogP contribution in [0.25, 0.3) is 0 Å². The number of nitrogens with zero attached hydrogens (tertiary/aromatic N) is 2. The fraction of sp³-hybridized carbons (Fsp3) is 0.368. The fourth-order valence-electron chi connectivity index (χ4n) is 2.51. The second kappa shape index (κ2) is 9.33. The van der Waals surface area contributed by atoms with Gasteiger partial charge in [0.15, 0.2) is 5.16 Å². The normalized spacial score (nSPS) is 10.5. The molecule has 0 aliphatic carbocycles. The summed E-state index contributed by atoms with van der Waals surface area (Å²) in [7, 11) is 0. The van der Waals surface area contributed by atoms with Gasteiger partial charge in [0.25, 0.3) is 0 Å². The van der Waals surface area contributed by atoms with Crippen LogP contribution in [0.3, 0.4) is 0 Å². The van der Waals surface area contributed by atoms with Gasteiger partial charge in [0, 0.05) is 35.6 Å². The lowest BCUT2D eigenvalue weighted by Gasteiger charge is -2.10. The first-order chi connectivity index (χ1) is 12.4. The second-order valence-corrected chi connectivity index (χ2v) is 6.66. The van der Waals surface area contributed by atoms with Crippen molar-refractivity contribution in [1.82, 2.24) is 9.97 Å². The number of rotatable bonds is 7. The molecule has 1 aromatic heterocycles. The molecule has 0 spiro atoms. The molecule has 2 rings (SSSR count). The Labute approximate surface area is 158 Å². The lowest BCUT2D eigenvalue weighted by atomic mass is 10.1. The first-order valence-electron chi connectivity index (χ1n) is 8.50. The summed E-state index contributed by atoms with van der Waals surface area (Å²) in [6.07, 6.45) is 3.33. The molecule has 0 bridgehead atoms. The van der Waals surface area contributed by atoms with Crippen LogP contribution in [0.15, 0.2) is 29.4 Å². The van der Waals surface area contributed by atoms with Gasteiger partial charge >= 0.3 is 0 Å².